The second-order valence-electron chi connectivity index (χ2n) is 2.24. The van der Waals surface area contributed by atoms with E-state index in [9.17, 15) is 9.28 Å². The first kappa shape index (κ1) is 7.27. The molecule has 1 heterocycles. The molecule has 58 valence electrons. The number of amides is 1. The summed E-state index contributed by atoms with van der Waals surface area (Å²) in [6.07, 6.45) is -0.947. The third-order valence-electron chi connectivity index (χ3n) is 1.54. The topological polar surface area (TPSA) is 52.6 Å². The molecule has 0 aromatic heterocycles. The summed E-state index contributed by atoms with van der Waals surface area (Å²) in [5.74, 6) is 0. The first-order valence-electron chi connectivity index (χ1n) is 3.10. The zero-order chi connectivity index (χ0) is 7.56. The Morgan fingerprint density at radius 3 is 2.90 bits per heavy atom. The van der Waals surface area contributed by atoms with Crippen molar-refractivity contribution in [2.45, 2.75) is 12.5 Å². The van der Waals surface area contributed by atoms with Gasteiger partial charge in [-0.25, -0.2) is 4.79 Å². The van der Waals surface area contributed by atoms with E-state index in [4.69, 9.17) is 5.11 Å². The van der Waals surface area contributed by atoms with E-state index < -0.39 is 12.1 Å². The van der Waals surface area contributed by atoms with Gasteiger partial charge in [-0.15, -0.1) is 5.12 Å². The van der Waals surface area contributed by atoms with Crippen molar-refractivity contribution in [2.24, 2.45) is 0 Å². The largest absolute Gasteiger partial charge is 0.463 e. The summed E-state index contributed by atoms with van der Waals surface area (Å²) in [6, 6.07) is -0.488. The predicted molar refractivity (Wildman–Crippen MR) is 32.2 cm³/mol. The molecule has 0 aliphatic carbocycles. The smallest absolute Gasteiger partial charge is 0.435 e. The zero-order valence-electron chi connectivity index (χ0n) is 5.38. The molecule has 1 amide bonds. The Bertz CT molecular complexity index is 136. The summed E-state index contributed by atoms with van der Waals surface area (Å²) in [7, 11) is 0. The second kappa shape index (κ2) is 2.83. The number of halogens is 1. The summed E-state index contributed by atoms with van der Waals surface area (Å²) >= 11 is 0. The maximum atomic E-state index is 12.4. The van der Waals surface area contributed by atoms with Crippen LogP contribution in [0.5, 0.6) is 0 Å². The molecule has 1 atom stereocenters. The number of hydrogen-bond acceptors (Lipinski definition) is 2. The van der Waals surface area contributed by atoms with E-state index in [1.807, 2.05) is 0 Å². The molecule has 1 unspecified atom stereocenters. The molecule has 1 aliphatic rings. The summed E-state index contributed by atoms with van der Waals surface area (Å²) in [4.78, 5) is 10.0. The summed E-state index contributed by atoms with van der Waals surface area (Å²) in [5.41, 5.74) is 0. The van der Waals surface area contributed by atoms with Gasteiger partial charge in [0.2, 0.25) is 0 Å². The van der Waals surface area contributed by atoms with Gasteiger partial charge in [0.25, 0.3) is 0 Å². The van der Waals surface area contributed by atoms with Crippen molar-refractivity contribution in [2.75, 3.05) is 13.1 Å². The molecule has 0 aromatic rings. The molecular formula is C5H9FN2O2. The normalized spacial score (nSPS) is 24.7. The molecule has 1 rings (SSSR count). The van der Waals surface area contributed by atoms with Crippen molar-refractivity contribution in [3.8, 4) is 0 Å². The molecule has 4 nitrogen and oxygen atoms in total. The van der Waals surface area contributed by atoms with E-state index in [2.05, 4.69) is 5.32 Å². The zero-order valence-corrected chi connectivity index (χ0v) is 5.38. The third kappa shape index (κ3) is 1.36. The van der Waals surface area contributed by atoms with Gasteiger partial charge in [-0.2, -0.15) is 0 Å². The fraction of sp³-hybridized carbons (Fsp3) is 0.800. The maximum absolute atomic E-state index is 12.4. The Kier molecular flexibility index (Phi) is 2.06. The first-order valence-corrected chi connectivity index (χ1v) is 3.10. The molecule has 10 heavy (non-hydrogen) atoms. The molecule has 0 radical (unpaired) electrons. The predicted octanol–water partition coefficient (Wildman–Crippen LogP) is 0.213. The molecule has 1 aliphatic heterocycles. The van der Waals surface area contributed by atoms with Gasteiger partial charge in [0.15, 0.2) is 0 Å². The highest BCUT2D eigenvalue weighted by Crippen LogP contribution is 2.08. The summed E-state index contributed by atoms with van der Waals surface area (Å²) in [5, 5.41) is 10.9. The fourth-order valence-corrected chi connectivity index (χ4v) is 0.989. The number of nitrogens with zero attached hydrogens (tertiary/aromatic N) is 1. The molecule has 1 saturated heterocycles. The average Bonchev–Trinajstić information content (AvgIpc) is 2.36. The molecule has 0 spiro atoms. The minimum Gasteiger partial charge on any atom is -0.463 e. The van der Waals surface area contributed by atoms with Gasteiger partial charge >= 0.3 is 6.09 Å². The van der Waals surface area contributed by atoms with Crippen LogP contribution in [0, 0.1) is 0 Å². The molecule has 5 heteroatoms. The van der Waals surface area contributed by atoms with Crippen LogP contribution < -0.4 is 5.32 Å². The van der Waals surface area contributed by atoms with Gasteiger partial charge in [-0.3, -0.25) is 0 Å². The molecule has 1 fully saturated rings. The lowest BCUT2D eigenvalue weighted by molar-refractivity contribution is 0.00206. The first-order chi connectivity index (χ1) is 4.72. The monoisotopic (exact) mass is 148 g/mol. The van der Waals surface area contributed by atoms with Crippen LogP contribution in [-0.4, -0.2) is 35.5 Å². The van der Waals surface area contributed by atoms with Crippen LogP contribution in [0.15, 0.2) is 0 Å². The Labute approximate surface area is 57.6 Å². The molecule has 0 bridgehead atoms. The standard InChI is InChI=1S/C5H9FN2O2/c6-8(5(9)10)4-1-2-7-3-4/h4,7H,1-3H2,(H,9,10). The highest BCUT2D eigenvalue weighted by molar-refractivity contribution is 5.63. The van der Waals surface area contributed by atoms with Crippen molar-refractivity contribution in [1.82, 2.24) is 10.4 Å². The van der Waals surface area contributed by atoms with Crippen molar-refractivity contribution >= 4 is 6.09 Å². The number of carbonyl (C=O) groups is 1. The van der Waals surface area contributed by atoms with Crippen LogP contribution in [0.3, 0.4) is 0 Å². The van der Waals surface area contributed by atoms with Crippen LogP contribution in [0.2, 0.25) is 0 Å². The van der Waals surface area contributed by atoms with Crippen LogP contribution in [-0.2, 0) is 0 Å². The van der Waals surface area contributed by atoms with E-state index in [0.717, 1.165) is 0 Å². The number of hydrogen-bond donors (Lipinski definition) is 2. The van der Waals surface area contributed by atoms with Crippen LogP contribution in [0.4, 0.5) is 9.28 Å². The van der Waals surface area contributed by atoms with Gasteiger partial charge in [0, 0.05) is 6.54 Å². The van der Waals surface area contributed by atoms with E-state index >= 15 is 0 Å². The van der Waals surface area contributed by atoms with Crippen LogP contribution in [0.25, 0.3) is 0 Å². The van der Waals surface area contributed by atoms with E-state index in [1.54, 1.807) is 0 Å². The van der Waals surface area contributed by atoms with Gasteiger partial charge in [0.05, 0.1) is 6.04 Å². The molecule has 0 saturated carbocycles. The summed E-state index contributed by atoms with van der Waals surface area (Å²) < 4.78 is 12.4. The number of carboxylic acid groups (broad SMARTS) is 1. The van der Waals surface area contributed by atoms with Crippen molar-refractivity contribution < 1.29 is 14.4 Å². The van der Waals surface area contributed by atoms with Crippen molar-refractivity contribution in [3.05, 3.63) is 0 Å². The second-order valence-corrected chi connectivity index (χ2v) is 2.24. The Morgan fingerprint density at radius 2 is 2.50 bits per heavy atom. The van der Waals surface area contributed by atoms with E-state index in [1.165, 1.54) is 0 Å². The van der Waals surface area contributed by atoms with Crippen molar-refractivity contribution in [1.29, 1.82) is 0 Å². The van der Waals surface area contributed by atoms with Gasteiger partial charge in [-0.1, -0.05) is 4.48 Å². The maximum Gasteiger partial charge on any atom is 0.435 e. The Hall–Kier alpha value is -0.840. The Balaban J connectivity index is 2.39. The minimum atomic E-state index is -1.51. The SMILES string of the molecule is O=C(O)N(F)C1CCNC1. The third-order valence-corrected chi connectivity index (χ3v) is 1.54. The molecule has 2 N–H and O–H groups in total. The lowest BCUT2D eigenvalue weighted by Gasteiger charge is -2.13. The number of rotatable bonds is 1. The lowest BCUT2D eigenvalue weighted by Crippen LogP contribution is -2.33. The average molecular weight is 148 g/mol. The highest BCUT2D eigenvalue weighted by Gasteiger charge is 2.25. The van der Waals surface area contributed by atoms with E-state index in [-0.39, 0.29) is 5.12 Å². The number of nitrogens with one attached hydrogen (secondary N) is 1. The summed E-state index contributed by atoms with van der Waals surface area (Å²) in [6.45, 7) is 1.11. The van der Waals surface area contributed by atoms with Gasteiger partial charge < -0.3 is 10.4 Å². The van der Waals surface area contributed by atoms with E-state index in [0.29, 0.717) is 19.5 Å². The van der Waals surface area contributed by atoms with Gasteiger partial charge in [0.1, 0.15) is 0 Å². The van der Waals surface area contributed by atoms with Crippen LogP contribution in [0.1, 0.15) is 6.42 Å². The fourth-order valence-electron chi connectivity index (χ4n) is 0.989. The van der Waals surface area contributed by atoms with Gasteiger partial charge in [-0.05, 0) is 13.0 Å². The highest BCUT2D eigenvalue weighted by atomic mass is 19.2. The lowest BCUT2D eigenvalue weighted by atomic mass is 10.3. The van der Waals surface area contributed by atoms with Crippen molar-refractivity contribution in [3.63, 3.8) is 0 Å². The molecular weight excluding hydrogens is 139 g/mol. The quantitative estimate of drug-likeness (QED) is 0.523. The Morgan fingerprint density at radius 1 is 1.80 bits per heavy atom. The molecule has 0 aromatic carbocycles. The van der Waals surface area contributed by atoms with Crippen LogP contribution >= 0.6 is 0 Å². The minimum absolute atomic E-state index is 0.139.